The molecule has 66 valence electrons. The highest BCUT2D eigenvalue weighted by Crippen LogP contribution is 2.25. The number of nitrogens with one attached hydrogen (secondary N) is 1. The van der Waals surface area contributed by atoms with Crippen molar-refractivity contribution in [2.45, 2.75) is 18.9 Å². The lowest BCUT2D eigenvalue weighted by Gasteiger charge is -2.29. The van der Waals surface area contributed by atoms with Crippen molar-refractivity contribution in [2.75, 3.05) is 6.54 Å². The lowest BCUT2D eigenvalue weighted by Crippen LogP contribution is -2.35. The predicted molar refractivity (Wildman–Crippen MR) is 51.1 cm³/mol. The van der Waals surface area contributed by atoms with Gasteiger partial charge >= 0.3 is 0 Å². The first kappa shape index (κ1) is 8.28. The van der Waals surface area contributed by atoms with E-state index in [1.54, 1.807) is 0 Å². The molecule has 0 radical (unpaired) electrons. The fourth-order valence-electron chi connectivity index (χ4n) is 1.67. The number of nitriles is 1. The summed E-state index contributed by atoms with van der Waals surface area (Å²) in [5.74, 6) is 0. The van der Waals surface area contributed by atoms with Crippen LogP contribution in [0.1, 0.15) is 23.6 Å². The molecular weight excluding hydrogens is 160 g/mol. The van der Waals surface area contributed by atoms with Gasteiger partial charge in [0.1, 0.15) is 0 Å². The molecule has 0 bridgehead atoms. The van der Waals surface area contributed by atoms with Crippen LogP contribution in [-0.4, -0.2) is 6.54 Å². The number of nitrogens with zero attached hydrogens (tertiary/aromatic N) is 1. The third-order valence-electron chi connectivity index (χ3n) is 2.52. The average molecular weight is 172 g/mol. The molecule has 1 aromatic carbocycles. The number of hydrogen-bond donors (Lipinski definition) is 1. The van der Waals surface area contributed by atoms with Crippen LogP contribution < -0.4 is 5.32 Å². The lowest BCUT2D eigenvalue weighted by molar-refractivity contribution is 0.381. The van der Waals surface area contributed by atoms with E-state index in [-0.39, 0.29) is 0 Å². The second-order valence-corrected chi connectivity index (χ2v) is 3.33. The molecule has 2 rings (SSSR count). The van der Waals surface area contributed by atoms with Gasteiger partial charge in [0.15, 0.2) is 0 Å². The zero-order chi connectivity index (χ0) is 9.10. The molecule has 1 unspecified atom stereocenters. The van der Waals surface area contributed by atoms with E-state index in [1.807, 2.05) is 18.2 Å². The molecule has 1 fully saturated rings. The van der Waals surface area contributed by atoms with Crippen LogP contribution >= 0.6 is 0 Å². The number of benzene rings is 1. The van der Waals surface area contributed by atoms with Crippen molar-refractivity contribution in [1.29, 1.82) is 5.26 Å². The molecule has 1 saturated heterocycles. The minimum atomic E-state index is 0.490. The Kier molecular flexibility index (Phi) is 2.29. The third kappa shape index (κ3) is 1.56. The van der Waals surface area contributed by atoms with Gasteiger partial charge in [0.2, 0.25) is 0 Å². The summed E-state index contributed by atoms with van der Waals surface area (Å²) in [5.41, 5.74) is 2.47. The number of rotatable bonds is 2. The van der Waals surface area contributed by atoms with E-state index in [2.05, 4.69) is 17.5 Å². The molecule has 0 spiro atoms. The predicted octanol–water partition coefficient (Wildman–Crippen LogP) is 1.79. The molecular formula is C11H12N2. The fourth-order valence-corrected chi connectivity index (χ4v) is 1.67. The SMILES string of the molecule is N#CCc1ccccc1C1CCN1. The van der Waals surface area contributed by atoms with Crippen LogP contribution in [-0.2, 0) is 6.42 Å². The van der Waals surface area contributed by atoms with Crippen molar-refractivity contribution in [1.82, 2.24) is 5.32 Å². The highest BCUT2D eigenvalue weighted by atomic mass is 15.0. The van der Waals surface area contributed by atoms with Crippen LogP contribution in [0.2, 0.25) is 0 Å². The van der Waals surface area contributed by atoms with Crippen LogP contribution in [0.5, 0.6) is 0 Å². The maximum absolute atomic E-state index is 8.65. The van der Waals surface area contributed by atoms with E-state index >= 15 is 0 Å². The van der Waals surface area contributed by atoms with E-state index in [0.29, 0.717) is 12.5 Å². The van der Waals surface area contributed by atoms with E-state index in [0.717, 1.165) is 6.54 Å². The first-order valence-electron chi connectivity index (χ1n) is 4.60. The Balaban J connectivity index is 2.26. The molecule has 1 N–H and O–H groups in total. The fraction of sp³-hybridized carbons (Fsp3) is 0.364. The van der Waals surface area contributed by atoms with Gasteiger partial charge in [0, 0.05) is 6.04 Å². The molecule has 1 heterocycles. The van der Waals surface area contributed by atoms with Crippen molar-refractivity contribution in [3.8, 4) is 6.07 Å². The largest absolute Gasteiger partial charge is 0.310 e. The van der Waals surface area contributed by atoms with Crippen LogP contribution in [0, 0.1) is 11.3 Å². The Bertz CT molecular complexity index is 334. The van der Waals surface area contributed by atoms with E-state index < -0.39 is 0 Å². The second kappa shape index (κ2) is 3.59. The Labute approximate surface area is 78.2 Å². The van der Waals surface area contributed by atoms with Crippen LogP contribution in [0.3, 0.4) is 0 Å². The normalized spacial score (nSPS) is 20.4. The lowest BCUT2D eigenvalue weighted by atomic mass is 9.92. The van der Waals surface area contributed by atoms with Crippen LogP contribution in [0.25, 0.3) is 0 Å². The molecule has 1 aliphatic heterocycles. The maximum atomic E-state index is 8.65. The van der Waals surface area contributed by atoms with Gasteiger partial charge in [-0.3, -0.25) is 0 Å². The molecule has 0 aliphatic carbocycles. The minimum Gasteiger partial charge on any atom is -0.310 e. The average Bonchev–Trinajstić information content (AvgIpc) is 2.05. The number of hydrogen-bond acceptors (Lipinski definition) is 2. The van der Waals surface area contributed by atoms with Gasteiger partial charge in [-0.2, -0.15) is 5.26 Å². The summed E-state index contributed by atoms with van der Waals surface area (Å²) in [6.07, 6.45) is 1.72. The Morgan fingerprint density at radius 3 is 2.85 bits per heavy atom. The van der Waals surface area contributed by atoms with Gasteiger partial charge in [-0.25, -0.2) is 0 Å². The molecule has 2 heteroatoms. The van der Waals surface area contributed by atoms with Gasteiger partial charge < -0.3 is 5.32 Å². The zero-order valence-corrected chi connectivity index (χ0v) is 7.46. The summed E-state index contributed by atoms with van der Waals surface area (Å²) >= 11 is 0. The Morgan fingerprint density at radius 2 is 2.23 bits per heavy atom. The van der Waals surface area contributed by atoms with Gasteiger partial charge in [-0.15, -0.1) is 0 Å². The van der Waals surface area contributed by atoms with Crippen molar-refractivity contribution < 1.29 is 0 Å². The van der Waals surface area contributed by atoms with Crippen LogP contribution in [0.15, 0.2) is 24.3 Å². The van der Waals surface area contributed by atoms with Gasteiger partial charge in [-0.05, 0) is 24.1 Å². The third-order valence-corrected chi connectivity index (χ3v) is 2.52. The van der Waals surface area contributed by atoms with Crippen molar-refractivity contribution in [3.63, 3.8) is 0 Å². The van der Waals surface area contributed by atoms with Crippen LogP contribution in [0.4, 0.5) is 0 Å². The minimum absolute atomic E-state index is 0.490. The summed E-state index contributed by atoms with van der Waals surface area (Å²) in [5, 5.41) is 12.0. The smallest absolute Gasteiger partial charge is 0.0669 e. The van der Waals surface area contributed by atoms with Gasteiger partial charge in [0.05, 0.1) is 12.5 Å². The summed E-state index contributed by atoms with van der Waals surface area (Å²) < 4.78 is 0. The summed E-state index contributed by atoms with van der Waals surface area (Å²) in [4.78, 5) is 0. The summed E-state index contributed by atoms with van der Waals surface area (Å²) in [6.45, 7) is 1.10. The zero-order valence-electron chi connectivity index (χ0n) is 7.46. The first-order valence-corrected chi connectivity index (χ1v) is 4.60. The van der Waals surface area contributed by atoms with Crippen molar-refractivity contribution >= 4 is 0 Å². The molecule has 0 amide bonds. The molecule has 0 saturated carbocycles. The van der Waals surface area contributed by atoms with Crippen molar-refractivity contribution in [3.05, 3.63) is 35.4 Å². The molecule has 2 nitrogen and oxygen atoms in total. The van der Waals surface area contributed by atoms with Gasteiger partial charge in [-0.1, -0.05) is 24.3 Å². The maximum Gasteiger partial charge on any atom is 0.0669 e. The molecule has 1 aliphatic rings. The molecule has 1 atom stereocenters. The second-order valence-electron chi connectivity index (χ2n) is 3.33. The summed E-state index contributed by atoms with van der Waals surface area (Å²) in [7, 11) is 0. The van der Waals surface area contributed by atoms with E-state index in [9.17, 15) is 0 Å². The Hall–Kier alpha value is -1.33. The standard InChI is InChI=1S/C11H12N2/c12-7-5-9-3-1-2-4-10(9)11-6-8-13-11/h1-4,11,13H,5-6,8H2. The topological polar surface area (TPSA) is 35.8 Å². The molecule has 1 aromatic rings. The quantitative estimate of drug-likeness (QED) is 0.738. The Morgan fingerprint density at radius 1 is 1.46 bits per heavy atom. The molecule has 0 aromatic heterocycles. The highest BCUT2D eigenvalue weighted by Gasteiger charge is 2.20. The highest BCUT2D eigenvalue weighted by molar-refractivity contribution is 5.33. The van der Waals surface area contributed by atoms with E-state index in [4.69, 9.17) is 5.26 Å². The molecule has 13 heavy (non-hydrogen) atoms. The monoisotopic (exact) mass is 172 g/mol. The van der Waals surface area contributed by atoms with Gasteiger partial charge in [0.25, 0.3) is 0 Å². The van der Waals surface area contributed by atoms with E-state index in [1.165, 1.54) is 17.5 Å². The van der Waals surface area contributed by atoms with Crippen molar-refractivity contribution in [2.24, 2.45) is 0 Å². The summed E-state index contributed by atoms with van der Waals surface area (Å²) in [6, 6.07) is 10.9. The first-order chi connectivity index (χ1) is 6.42.